The van der Waals surface area contributed by atoms with Gasteiger partial charge in [-0.05, 0) is 91.3 Å². The molecule has 0 atom stereocenters. The summed E-state index contributed by atoms with van der Waals surface area (Å²) in [5.41, 5.74) is 1.58. The summed E-state index contributed by atoms with van der Waals surface area (Å²) >= 11 is 0. The number of ether oxygens (including phenoxy) is 3. The number of hydrogen-bond acceptors (Lipinski definition) is 6. The fourth-order valence-corrected chi connectivity index (χ4v) is 4.54. The molecule has 0 saturated heterocycles. The van der Waals surface area contributed by atoms with Crippen molar-refractivity contribution >= 4 is 27.3 Å². The lowest BCUT2D eigenvalue weighted by Gasteiger charge is -2.13. The van der Waals surface area contributed by atoms with Crippen LogP contribution in [0.3, 0.4) is 0 Å². The molecule has 0 radical (unpaired) electrons. The smallest absolute Gasteiger partial charge is 0.262 e. The quantitative estimate of drug-likeness (QED) is 0.283. The molecule has 0 aliphatic rings. The molecule has 0 spiro atoms. The number of benzene rings is 4. The fourth-order valence-electron chi connectivity index (χ4n) is 3.40. The van der Waals surface area contributed by atoms with Crippen LogP contribution in [0.5, 0.6) is 23.0 Å². The summed E-state index contributed by atoms with van der Waals surface area (Å²) < 4.78 is 44.5. The first kappa shape index (κ1) is 25.6. The molecular formula is C28H26N2O6S. The Bertz CT molecular complexity index is 1460. The Morgan fingerprint density at radius 3 is 2.05 bits per heavy atom. The predicted molar refractivity (Wildman–Crippen MR) is 142 cm³/mol. The fraction of sp³-hybridized carbons (Fsp3) is 0.107. The van der Waals surface area contributed by atoms with Crippen molar-refractivity contribution in [2.24, 2.45) is 0 Å². The second-order valence-corrected chi connectivity index (χ2v) is 9.72. The van der Waals surface area contributed by atoms with E-state index in [0.717, 1.165) is 5.75 Å². The van der Waals surface area contributed by atoms with Crippen molar-refractivity contribution in [3.05, 3.63) is 103 Å². The molecule has 37 heavy (non-hydrogen) atoms. The van der Waals surface area contributed by atoms with Gasteiger partial charge in [0.2, 0.25) is 0 Å². The minimum absolute atomic E-state index is 0.0791. The highest BCUT2D eigenvalue weighted by atomic mass is 32.2. The van der Waals surface area contributed by atoms with Crippen LogP contribution in [0.15, 0.2) is 102 Å². The number of anilines is 2. The first-order valence-electron chi connectivity index (χ1n) is 11.4. The molecule has 0 unspecified atom stereocenters. The van der Waals surface area contributed by atoms with Crippen LogP contribution >= 0.6 is 0 Å². The van der Waals surface area contributed by atoms with Gasteiger partial charge in [0.25, 0.3) is 15.9 Å². The number of sulfonamides is 1. The van der Waals surface area contributed by atoms with E-state index in [4.69, 9.17) is 14.2 Å². The summed E-state index contributed by atoms with van der Waals surface area (Å²) in [6.07, 6.45) is 0. The number of carbonyl (C=O) groups excluding carboxylic acids is 1. The zero-order chi connectivity index (χ0) is 26.3. The van der Waals surface area contributed by atoms with Crippen LogP contribution in [0.1, 0.15) is 5.56 Å². The van der Waals surface area contributed by atoms with Crippen LogP contribution in [-0.4, -0.2) is 28.0 Å². The minimum Gasteiger partial charge on any atom is -0.497 e. The molecule has 0 fully saturated rings. The van der Waals surface area contributed by atoms with Crippen molar-refractivity contribution in [2.75, 3.05) is 23.8 Å². The predicted octanol–water partition coefficient (Wildman–Crippen LogP) is 5.61. The highest BCUT2D eigenvalue weighted by molar-refractivity contribution is 7.92. The Morgan fingerprint density at radius 1 is 0.784 bits per heavy atom. The molecule has 4 rings (SSSR count). The molecule has 0 aromatic heterocycles. The number of hydrogen-bond donors (Lipinski definition) is 2. The lowest BCUT2D eigenvalue weighted by Crippen LogP contribution is -2.20. The Kier molecular flexibility index (Phi) is 7.95. The van der Waals surface area contributed by atoms with Gasteiger partial charge in [-0.15, -0.1) is 0 Å². The summed E-state index contributed by atoms with van der Waals surface area (Å²) in [7, 11) is -2.27. The van der Waals surface area contributed by atoms with E-state index in [1.807, 2.05) is 30.3 Å². The monoisotopic (exact) mass is 518 g/mol. The van der Waals surface area contributed by atoms with Crippen LogP contribution in [0, 0.1) is 6.92 Å². The van der Waals surface area contributed by atoms with Gasteiger partial charge in [0.05, 0.1) is 12.0 Å². The second kappa shape index (κ2) is 11.5. The third kappa shape index (κ3) is 7.02. The molecule has 2 N–H and O–H groups in total. The van der Waals surface area contributed by atoms with E-state index in [2.05, 4.69) is 10.0 Å². The zero-order valence-corrected chi connectivity index (χ0v) is 21.1. The van der Waals surface area contributed by atoms with Crippen molar-refractivity contribution in [3.63, 3.8) is 0 Å². The summed E-state index contributed by atoms with van der Waals surface area (Å²) in [4.78, 5) is 12.4. The van der Waals surface area contributed by atoms with Crippen molar-refractivity contribution in [1.29, 1.82) is 0 Å². The average Bonchev–Trinajstić information content (AvgIpc) is 2.90. The molecule has 9 heteroatoms. The molecule has 4 aromatic carbocycles. The third-order valence-electron chi connectivity index (χ3n) is 5.27. The van der Waals surface area contributed by atoms with E-state index >= 15 is 0 Å². The summed E-state index contributed by atoms with van der Waals surface area (Å²) in [6.45, 7) is 1.48. The Balaban J connectivity index is 1.31. The van der Waals surface area contributed by atoms with Crippen LogP contribution in [0.2, 0.25) is 0 Å². The number of para-hydroxylation sites is 1. The maximum Gasteiger partial charge on any atom is 0.262 e. The number of aryl methyl sites for hydroxylation is 1. The van der Waals surface area contributed by atoms with Gasteiger partial charge in [0.1, 0.15) is 23.0 Å². The van der Waals surface area contributed by atoms with E-state index in [1.54, 1.807) is 55.5 Å². The van der Waals surface area contributed by atoms with Crippen LogP contribution in [0.4, 0.5) is 11.4 Å². The maximum atomic E-state index is 12.8. The largest absolute Gasteiger partial charge is 0.497 e. The van der Waals surface area contributed by atoms with Crippen molar-refractivity contribution in [1.82, 2.24) is 0 Å². The topological polar surface area (TPSA) is 103 Å². The molecule has 0 saturated carbocycles. The minimum atomic E-state index is -3.80. The number of nitrogens with one attached hydrogen (secondary N) is 2. The Hall–Kier alpha value is -4.50. The maximum absolute atomic E-state index is 12.8. The van der Waals surface area contributed by atoms with Crippen molar-refractivity contribution in [2.45, 2.75) is 11.8 Å². The molecule has 190 valence electrons. The van der Waals surface area contributed by atoms with Gasteiger partial charge in [0.15, 0.2) is 6.61 Å². The molecule has 4 aromatic rings. The van der Waals surface area contributed by atoms with Gasteiger partial charge in [-0.2, -0.15) is 0 Å². The van der Waals surface area contributed by atoms with Crippen LogP contribution < -0.4 is 24.2 Å². The normalized spacial score (nSPS) is 10.9. The first-order chi connectivity index (χ1) is 17.8. The van der Waals surface area contributed by atoms with E-state index in [0.29, 0.717) is 34.2 Å². The number of methoxy groups -OCH3 is 1. The second-order valence-electron chi connectivity index (χ2n) is 8.04. The Morgan fingerprint density at radius 2 is 1.41 bits per heavy atom. The molecule has 1 amide bonds. The van der Waals surface area contributed by atoms with Gasteiger partial charge in [0, 0.05) is 11.4 Å². The van der Waals surface area contributed by atoms with Crippen molar-refractivity contribution in [3.8, 4) is 23.0 Å². The zero-order valence-electron chi connectivity index (χ0n) is 20.3. The van der Waals surface area contributed by atoms with Crippen LogP contribution in [0.25, 0.3) is 0 Å². The molecule has 0 aliphatic heterocycles. The SMILES string of the molecule is COc1ccc(NS(=O)(=O)c2ccc(OCC(=O)Nc3ccc(Oc4ccccc4)cc3)c(C)c2)cc1. The number of carbonyl (C=O) groups is 1. The van der Waals surface area contributed by atoms with E-state index in [1.165, 1.54) is 25.3 Å². The lowest BCUT2D eigenvalue weighted by molar-refractivity contribution is -0.118. The Labute approximate surface area is 215 Å². The van der Waals surface area contributed by atoms with Gasteiger partial charge in [-0.3, -0.25) is 9.52 Å². The van der Waals surface area contributed by atoms with Gasteiger partial charge in [-0.1, -0.05) is 18.2 Å². The number of rotatable bonds is 10. The van der Waals surface area contributed by atoms with Gasteiger partial charge >= 0.3 is 0 Å². The van der Waals surface area contributed by atoms with Crippen LogP contribution in [-0.2, 0) is 14.8 Å². The van der Waals surface area contributed by atoms with Crippen molar-refractivity contribution < 1.29 is 27.4 Å². The number of amides is 1. The summed E-state index contributed by atoms with van der Waals surface area (Å²) in [5.74, 6) is 2.04. The van der Waals surface area contributed by atoms with E-state index in [-0.39, 0.29) is 17.4 Å². The molecule has 8 nitrogen and oxygen atoms in total. The van der Waals surface area contributed by atoms with E-state index < -0.39 is 10.0 Å². The average molecular weight is 519 g/mol. The highest BCUT2D eigenvalue weighted by Crippen LogP contribution is 2.25. The summed E-state index contributed by atoms with van der Waals surface area (Å²) in [6, 6.07) is 27.4. The molecule has 0 heterocycles. The van der Waals surface area contributed by atoms with Gasteiger partial charge in [-0.25, -0.2) is 8.42 Å². The third-order valence-corrected chi connectivity index (χ3v) is 6.65. The molecule has 0 aliphatic carbocycles. The van der Waals surface area contributed by atoms with E-state index in [9.17, 15) is 13.2 Å². The summed E-state index contributed by atoms with van der Waals surface area (Å²) in [5, 5.41) is 2.76. The van der Waals surface area contributed by atoms with Gasteiger partial charge < -0.3 is 19.5 Å². The highest BCUT2D eigenvalue weighted by Gasteiger charge is 2.16. The molecular weight excluding hydrogens is 492 g/mol. The standard InChI is InChI=1S/C28H26N2O6S/c1-20-18-26(37(32,33)30-22-10-12-23(34-2)13-11-22)16-17-27(20)35-19-28(31)29-21-8-14-25(15-9-21)36-24-6-4-3-5-7-24/h3-18,30H,19H2,1-2H3,(H,29,31). The lowest BCUT2D eigenvalue weighted by atomic mass is 10.2. The first-order valence-corrected chi connectivity index (χ1v) is 12.8. The molecule has 0 bridgehead atoms.